The summed E-state index contributed by atoms with van der Waals surface area (Å²) in [5, 5.41) is 0. The highest BCUT2D eigenvalue weighted by molar-refractivity contribution is 5.82. The van der Waals surface area contributed by atoms with Gasteiger partial charge in [-0.2, -0.15) is 0 Å². The number of allylic oxidation sites excluding steroid dienone is 1. The minimum Gasteiger partial charge on any atom is -0.459 e. The van der Waals surface area contributed by atoms with Crippen molar-refractivity contribution < 1.29 is 9.53 Å². The molecule has 0 amide bonds. The third-order valence-electron chi connectivity index (χ3n) is 3.52. The van der Waals surface area contributed by atoms with E-state index in [2.05, 4.69) is 13.8 Å². The number of ether oxygens (including phenoxy) is 1. The molecule has 1 atom stereocenters. The molecule has 0 fully saturated rings. The summed E-state index contributed by atoms with van der Waals surface area (Å²) in [6.45, 7) is 8.17. The maximum atomic E-state index is 11.6. The smallest absolute Gasteiger partial charge is 0.330 e. The summed E-state index contributed by atoms with van der Waals surface area (Å²) in [5.41, 5.74) is 0.997. The lowest BCUT2D eigenvalue weighted by Crippen LogP contribution is -2.16. The predicted octanol–water partition coefficient (Wildman–Crippen LogP) is 5.81. The van der Waals surface area contributed by atoms with Gasteiger partial charge in [0.05, 0.1) is 0 Å². The Morgan fingerprint density at radius 3 is 2.00 bits per heavy atom. The average Bonchev–Trinajstić information content (AvgIpc) is 2.39. The molecule has 0 aromatic heterocycles. The maximum Gasteiger partial charge on any atom is 0.330 e. The molecular formula is C18H34O2. The van der Waals surface area contributed by atoms with Gasteiger partial charge < -0.3 is 4.74 Å². The summed E-state index contributed by atoms with van der Waals surface area (Å²) < 4.78 is 5.45. The van der Waals surface area contributed by atoms with Crippen LogP contribution in [0.3, 0.4) is 0 Å². The van der Waals surface area contributed by atoms with Crippen LogP contribution < -0.4 is 0 Å². The van der Waals surface area contributed by atoms with E-state index < -0.39 is 0 Å². The molecule has 2 nitrogen and oxygen atoms in total. The maximum absolute atomic E-state index is 11.6. The van der Waals surface area contributed by atoms with Crippen molar-refractivity contribution in [2.75, 3.05) is 0 Å². The van der Waals surface area contributed by atoms with Gasteiger partial charge in [0.15, 0.2) is 0 Å². The Morgan fingerprint density at radius 1 is 0.950 bits per heavy atom. The van der Waals surface area contributed by atoms with Crippen molar-refractivity contribution in [1.82, 2.24) is 0 Å². The number of rotatable bonds is 12. The van der Waals surface area contributed by atoms with Crippen molar-refractivity contribution in [3.05, 3.63) is 11.6 Å². The third-order valence-corrected chi connectivity index (χ3v) is 3.52. The van der Waals surface area contributed by atoms with Gasteiger partial charge in [0.25, 0.3) is 0 Å². The monoisotopic (exact) mass is 282 g/mol. The molecule has 0 heterocycles. The van der Waals surface area contributed by atoms with Crippen LogP contribution in [0.1, 0.15) is 91.9 Å². The molecule has 0 aromatic rings. The lowest BCUT2D eigenvalue weighted by Gasteiger charge is -2.15. The first-order valence-electron chi connectivity index (χ1n) is 8.45. The Hall–Kier alpha value is -0.790. The lowest BCUT2D eigenvalue weighted by atomic mass is 10.0. The second-order valence-corrected chi connectivity index (χ2v) is 5.95. The topological polar surface area (TPSA) is 26.3 Å². The first-order chi connectivity index (χ1) is 9.60. The number of hydrogen-bond donors (Lipinski definition) is 0. The first kappa shape index (κ1) is 19.2. The number of carbonyl (C=O) groups excluding carboxylic acids is 1. The number of esters is 1. The van der Waals surface area contributed by atoms with E-state index in [9.17, 15) is 4.79 Å². The van der Waals surface area contributed by atoms with E-state index in [1.807, 2.05) is 13.8 Å². The average molecular weight is 282 g/mol. The number of carbonyl (C=O) groups is 1. The number of hydrogen-bond acceptors (Lipinski definition) is 2. The summed E-state index contributed by atoms with van der Waals surface area (Å²) in [7, 11) is 0. The quantitative estimate of drug-likeness (QED) is 0.257. The molecule has 0 saturated carbocycles. The van der Waals surface area contributed by atoms with Crippen LogP contribution in [0.15, 0.2) is 11.6 Å². The molecule has 20 heavy (non-hydrogen) atoms. The molecule has 0 aromatic carbocycles. The van der Waals surface area contributed by atoms with Crippen LogP contribution >= 0.6 is 0 Å². The fraction of sp³-hybridized carbons (Fsp3) is 0.833. The molecule has 0 saturated heterocycles. The van der Waals surface area contributed by atoms with Crippen molar-refractivity contribution in [2.45, 2.75) is 98.0 Å². The Bertz CT molecular complexity index is 265. The molecule has 0 aliphatic rings. The Labute approximate surface area is 126 Å². The molecule has 0 aliphatic heterocycles. The lowest BCUT2D eigenvalue weighted by molar-refractivity contribution is -0.143. The molecule has 0 bridgehead atoms. The van der Waals surface area contributed by atoms with Crippen molar-refractivity contribution in [2.24, 2.45) is 0 Å². The molecule has 0 rings (SSSR count). The van der Waals surface area contributed by atoms with E-state index in [4.69, 9.17) is 4.74 Å². The van der Waals surface area contributed by atoms with Gasteiger partial charge in [0.1, 0.15) is 6.10 Å². The highest BCUT2D eigenvalue weighted by Crippen LogP contribution is 2.14. The van der Waals surface area contributed by atoms with Crippen molar-refractivity contribution in [1.29, 1.82) is 0 Å². The standard InChI is InChI=1S/C18H34O2/c1-5-7-8-9-10-11-12-13-14-17(6-2)20-18(19)15-16(3)4/h15,17H,5-14H2,1-4H3. The van der Waals surface area contributed by atoms with E-state index >= 15 is 0 Å². The molecule has 0 spiro atoms. The summed E-state index contributed by atoms with van der Waals surface area (Å²) in [6.07, 6.45) is 14.2. The van der Waals surface area contributed by atoms with Gasteiger partial charge in [0, 0.05) is 6.08 Å². The van der Waals surface area contributed by atoms with Crippen molar-refractivity contribution in [3.8, 4) is 0 Å². The number of unbranched alkanes of at least 4 members (excludes halogenated alkanes) is 7. The third kappa shape index (κ3) is 12.3. The Kier molecular flexibility index (Phi) is 12.7. The second-order valence-electron chi connectivity index (χ2n) is 5.95. The van der Waals surface area contributed by atoms with Crippen molar-refractivity contribution in [3.63, 3.8) is 0 Å². The van der Waals surface area contributed by atoms with Crippen molar-refractivity contribution >= 4 is 5.97 Å². The highest BCUT2D eigenvalue weighted by Gasteiger charge is 2.10. The minimum absolute atomic E-state index is 0.0955. The molecule has 0 aliphatic carbocycles. The SMILES string of the molecule is CCCCCCCCCCC(CC)OC(=O)C=C(C)C. The van der Waals surface area contributed by atoms with Crippen LogP contribution in [0.4, 0.5) is 0 Å². The van der Waals surface area contributed by atoms with Gasteiger partial charge in [-0.25, -0.2) is 4.79 Å². The molecule has 0 N–H and O–H groups in total. The van der Waals surface area contributed by atoms with E-state index in [1.165, 1.54) is 51.4 Å². The summed E-state index contributed by atoms with van der Waals surface area (Å²) in [5.74, 6) is -0.184. The normalized spacial score (nSPS) is 12.0. The summed E-state index contributed by atoms with van der Waals surface area (Å²) in [6, 6.07) is 0. The molecule has 118 valence electrons. The zero-order chi connectivity index (χ0) is 15.2. The molecule has 2 heteroatoms. The van der Waals surface area contributed by atoms with Crippen LogP contribution in [0, 0.1) is 0 Å². The molecule has 0 radical (unpaired) electrons. The van der Waals surface area contributed by atoms with Gasteiger partial charge in [-0.1, -0.05) is 64.4 Å². The molecular weight excluding hydrogens is 248 g/mol. The fourth-order valence-electron chi connectivity index (χ4n) is 2.29. The van der Waals surface area contributed by atoms with E-state index in [0.717, 1.165) is 18.4 Å². The zero-order valence-corrected chi connectivity index (χ0v) is 14.0. The van der Waals surface area contributed by atoms with Crippen LogP contribution in [0.25, 0.3) is 0 Å². The zero-order valence-electron chi connectivity index (χ0n) is 14.0. The summed E-state index contributed by atoms with van der Waals surface area (Å²) in [4.78, 5) is 11.6. The Morgan fingerprint density at radius 2 is 1.50 bits per heavy atom. The van der Waals surface area contributed by atoms with Gasteiger partial charge in [0.2, 0.25) is 0 Å². The van der Waals surface area contributed by atoms with Crippen LogP contribution in [-0.2, 0) is 9.53 Å². The Balaban J connectivity index is 3.60. The minimum atomic E-state index is -0.184. The largest absolute Gasteiger partial charge is 0.459 e. The van der Waals surface area contributed by atoms with Gasteiger partial charge in [-0.15, -0.1) is 0 Å². The van der Waals surface area contributed by atoms with Crippen LogP contribution in [0.5, 0.6) is 0 Å². The second kappa shape index (κ2) is 13.2. The van der Waals surface area contributed by atoms with E-state index in [1.54, 1.807) is 6.08 Å². The highest BCUT2D eigenvalue weighted by atomic mass is 16.5. The predicted molar refractivity (Wildman–Crippen MR) is 86.8 cm³/mol. The van der Waals surface area contributed by atoms with E-state index in [-0.39, 0.29) is 12.1 Å². The van der Waals surface area contributed by atoms with Gasteiger partial charge in [-0.3, -0.25) is 0 Å². The van der Waals surface area contributed by atoms with Crippen LogP contribution in [-0.4, -0.2) is 12.1 Å². The van der Waals surface area contributed by atoms with Gasteiger partial charge >= 0.3 is 5.97 Å². The van der Waals surface area contributed by atoms with Crippen LogP contribution in [0.2, 0.25) is 0 Å². The molecule has 1 unspecified atom stereocenters. The summed E-state index contributed by atoms with van der Waals surface area (Å²) >= 11 is 0. The first-order valence-corrected chi connectivity index (χ1v) is 8.45. The fourth-order valence-corrected chi connectivity index (χ4v) is 2.29. The van der Waals surface area contributed by atoms with E-state index in [0.29, 0.717) is 0 Å². The van der Waals surface area contributed by atoms with Gasteiger partial charge in [-0.05, 0) is 33.1 Å².